The van der Waals surface area contributed by atoms with Crippen LogP contribution >= 0.6 is 11.6 Å². The summed E-state index contributed by atoms with van der Waals surface area (Å²) in [4.78, 5) is 15.9. The van der Waals surface area contributed by atoms with E-state index in [-0.39, 0.29) is 5.63 Å². The second kappa shape index (κ2) is 4.26. The topological polar surface area (TPSA) is 43.1 Å². The summed E-state index contributed by atoms with van der Waals surface area (Å²) in [6.07, 6.45) is 0.650. The zero-order valence-electron chi connectivity index (χ0n) is 9.16. The second-order valence-corrected chi connectivity index (χ2v) is 4.59. The molecule has 84 valence electrons. The van der Waals surface area contributed by atoms with Gasteiger partial charge in [0.25, 0.3) is 0 Å². The van der Waals surface area contributed by atoms with Gasteiger partial charge in [-0.15, -0.1) is 0 Å². The molecule has 2 rings (SSSR count). The van der Waals surface area contributed by atoms with Crippen LogP contribution < -0.4 is 5.63 Å². The molecule has 0 aliphatic heterocycles. The average molecular weight is 238 g/mol. The Labute approximate surface area is 98.1 Å². The Balaban J connectivity index is 2.61. The molecule has 0 aliphatic rings. The normalized spacial score (nSPS) is 11.2. The monoisotopic (exact) mass is 237 g/mol. The van der Waals surface area contributed by atoms with E-state index in [0.29, 0.717) is 34.2 Å². The highest BCUT2D eigenvalue weighted by molar-refractivity contribution is 6.31. The molecule has 16 heavy (non-hydrogen) atoms. The Morgan fingerprint density at radius 1 is 1.44 bits per heavy atom. The smallest absolute Gasteiger partial charge is 0.346 e. The second-order valence-electron chi connectivity index (χ2n) is 4.15. The SMILES string of the molecule is CC(C)Cc1nc2cc(Cl)ccc2c(=O)o1. The number of aromatic nitrogens is 1. The summed E-state index contributed by atoms with van der Waals surface area (Å²) in [6.45, 7) is 4.09. The summed E-state index contributed by atoms with van der Waals surface area (Å²) in [5.41, 5.74) is 0.247. The molecule has 0 saturated heterocycles. The molecule has 1 aromatic carbocycles. The van der Waals surface area contributed by atoms with E-state index in [1.165, 1.54) is 0 Å². The molecule has 0 amide bonds. The molecule has 0 bridgehead atoms. The number of fused-ring (bicyclic) bond motifs is 1. The van der Waals surface area contributed by atoms with E-state index in [0.717, 1.165) is 0 Å². The fourth-order valence-corrected chi connectivity index (χ4v) is 1.69. The Kier molecular flexibility index (Phi) is 2.97. The predicted octanol–water partition coefficient (Wildman–Crippen LogP) is 3.04. The summed E-state index contributed by atoms with van der Waals surface area (Å²) >= 11 is 5.86. The lowest BCUT2D eigenvalue weighted by atomic mass is 10.1. The molecule has 0 saturated carbocycles. The van der Waals surface area contributed by atoms with Crippen LogP contribution in [0, 0.1) is 5.92 Å². The third-order valence-electron chi connectivity index (χ3n) is 2.22. The lowest BCUT2D eigenvalue weighted by molar-refractivity contribution is 0.417. The maximum absolute atomic E-state index is 11.6. The van der Waals surface area contributed by atoms with Crippen molar-refractivity contribution in [2.24, 2.45) is 5.92 Å². The minimum absolute atomic E-state index is 0.350. The van der Waals surface area contributed by atoms with Crippen LogP contribution in [0.15, 0.2) is 27.4 Å². The van der Waals surface area contributed by atoms with E-state index >= 15 is 0 Å². The summed E-state index contributed by atoms with van der Waals surface area (Å²) in [5.74, 6) is 0.863. The number of hydrogen-bond donors (Lipinski definition) is 0. The molecular weight excluding hydrogens is 226 g/mol. The molecule has 1 heterocycles. The number of benzene rings is 1. The van der Waals surface area contributed by atoms with Crippen molar-refractivity contribution >= 4 is 22.5 Å². The summed E-state index contributed by atoms with van der Waals surface area (Å²) < 4.78 is 5.13. The van der Waals surface area contributed by atoms with Gasteiger partial charge in [0.05, 0.1) is 10.9 Å². The van der Waals surface area contributed by atoms with Gasteiger partial charge in [-0.3, -0.25) is 0 Å². The molecule has 0 aliphatic carbocycles. The molecule has 4 heteroatoms. The zero-order chi connectivity index (χ0) is 11.7. The molecule has 0 atom stereocenters. The van der Waals surface area contributed by atoms with Crippen molar-refractivity contribution in [2.45, 2.75) is 20.3 Å². The van der Waals surface area contributed by atoms with Gasteiger partial charge in [0.15, 0.2) is 5.89 Å². The first-order valence-electron chi connectivity index (χ1n) is 5.15. The van der Waals surface area contributed by atoms with Gasteiger partial charge < -0.3 is 4.42 Å². The molecule has 0 unspecified atom stereocenters. The lowest BCUT2D eigenvalue weighted by Crippen LogP contribution is -2.07. The number of rotatable bonds is 2. The highest BCUT2D eigenvalue weighted by Crippen LogP contribution is 2.16. The van der Waals surface area contributed by atoms with Gasteiger partial charge in [0, 0.05) is 11.4 Å². The minimum atomic E-state index is -0.350. The van der Waals surface area contributed by atoms with Gasteiger partial charge in [0.2, 0.25) is 0 Å². The van der Waals surface area contributed by atoms with Crippen LogP contribution in [0.3, 0.4) is 0 Å². The van der Waals surface area contributed by atoms with Gasteiger partial charge in [-0.25, -0.2) is 9.78 Å². The van der Waals surface area contributed by atoms with Crippen LogP contribution in [-0.2, 0) is 6.42 Å². The molecule has 0 N–H and O–H groups in total. The number of halogens is 1. The van der Waals surface area contributed by atoms with Crippen molar-refractivity contribution in [1.82, 2.24) is 4.98 Å². The Morgan fingerprint density at radius 2 is 2.19 bits per heavy atom. The highest BCUT2D eigenvalue weighted by atomic mass is 35.5. The van der Waals surface area contributed by atoms with E-state index < -0.39 is 0 Å². The molecule has 1 aromatic heterocycles. The van der Waals surface area contributed by atoms with Crippen LogP contribution in [0.2, 0.25) is 5.02 Å². The average Bonchev–Trinajstić information content (AvgIpc) is 2.15. The summed E-state index contributed by atoms with van der Waals surface area (Å²) in [6, 6.07) is 4.97. The fourth-order valence-electron chi connectivity index (χ4n) is 1.53. The lowest BCUT2D eigenvalue weighted by Gasteiger charge is -2.03. The molecule has 3 nitrogen and oxygen atoms in total. The maximum atomic E-state index is 11.6. The molecule has 0 radical (unpaired) electrons. The molecule has 0 fully saturated rings. The van der Waals surface area contributed by atoms with E-state index in [2.05, 4.69) is 4.98 Å². The zero-order valence-corrected chi connectivity index (χ0v) is 9.91. The van der Waals surface area contributed by atoms with E-state index in [1.54, 1.807) is 18.2 Å². The third-order valence-corrected chi connectivity index (χ3v) is 2.45. The van der Waals surface area contributed by atoms with Gasteiger partial charge in [0.1, 0.15) is 0 Å². The van der Waals surface area contributed by atoms with Gasteiger partial charge in [-0.2, -0.15) is 0 Å². The van der Waals surface area contributed by atoms with Crippen LogP contribution in [0.1, 0.15) is 19.7 Å². The van der Waals surface area contributed by atoms with Crippen LogP contribution in [-0.4, -0.2) is 4.98 Å². The van der Waals surface area contributed by atoms with Gasteiger partial charge in [-0.05, 0) is 24.1 Å². The Morgan fingerprint density at radius 3 is 2.88 bits per heavy atom. The molecule has 0 spiro atoms. The van der Waals surface area contributed by atoms with Crippen molar-refractivity contribution in [3.63, 3.8) is 0 Å². The van der Waals surface area contributed by atoms with E-state index in [4.69, 9.17) is 16.0 Å². The highest BCUT2D eigenvalue weighted by Gasteiger charge is 2.08. The van der Waals surface area contributed by atoms with Crippen molar-refractivity contribution in [2.75, 3.05) is 0 Å². The minimum Gasteiger partial charge on any atom is -0.408 e. The van der Waals surface area contributed by atoms with Crippen LogP contribution in [0.4, 0.5) is 0 Å². The molecular formula is C12H12ClNO2. The Bertz CT molecular complexity index is 575. The first kappa shape index (κ1) is 11.1. The fraction of sp³-hybridized carbons (Fsp3) is 0.333. The van der Waals surface area contributed by atoms with E-state index in [9.17, 15) is 4.79 Å². The Hall–Kier alpha value is -1.35. The first-order chi connectivity index (χ1) is 7.56. The van der Waals surface area contributed by atoms with Gasteiger partial charge in [-0.1, -0.05) is 25.4 Å². The first-order valence-corrected chi connectivity index (χ1v) is 5.53. The van der Waals surface area contributed by atoms with Crippen LogP contribution in [0.25, 0.3) is 10.9 Å². The van der Waals surface area contributed by atoms with Crippen molar-refractivity contribution in [3.8, 4) is 0 Å². The predicted molar refractivity (Wildman–Crippen MR) is 63.8 cm³/mol. The maximum Gasteiger partial charge on any atom is 0.346 e. The quantitative estimate of drug-likeness (QED) is 0.806. The van der Waals surface area contributed by atoms with Crippen molar-refractivity contribution < 1.29 is 4.42 Å². The largest absolute Gasteiger partial charge is 0.408 e. The number of nitrogens with zero attached hydrogens (tertiary/aromatic N) is 1. The van der Waals surface area contributed by atoms with E-state index in [1.807, 2.05) is 13.8 Å². The number of hydrogen-bond acceptors (Lipinski definition) is 3. The van der Waals surface area contributed by atoms with Crippen molar-refractivity contribution in [3.05, 3.63) is 39.5 Å². The summed E-state index contributed by atoms with van der Waals surface area (Å²) in [7, 11) is 0. The summed E-state index contributed by atoms with van der Waals surface area (Å²) in [5, 5.41) is 1.04. The van der Waals surface area contributed by atoms with Crippen LogP contribution in [0.5, 0.6) is 0 Å². The standard InChI is InChI=1S/C12H12ClNO2/c1-7(2)5-11-14-10-6-8(13)3-4-9(10)12(15)16-11/h3-4,6-7H,5H2,1-2H3. The third kappa shape index (κ3) is 2.25. The molecule has 2 aromatic rings. The van der Waals surface area contributed by atoms with Crippen molar-refractivity contribution in [1.29, 1.82) is 0 Å². The van der Waals surface area contributed by atoms with Gasteiger partial charge >= 0.3 is 5.63 Å².